The van der Waals surface area contributed by atoms with Crippen LogP contribution in [-0.2, 0) is 11.3 Å². The molecule has 1 amide bonds. The summed E-state index contributed by atoms with van der Waals surface area (Å²) in [7, 11) is 0. The molecule has 0 spiro atoms. The molecule has 43 heavy (non-hydrogen) atoms. The average Bonchev–Trinajstić information content (AvgIpc) is 3.69. The van der Waals surface area contributed by atoms with E-state index < -0.39 is 11.7 Å². The summed E-state index contributed by atoms with van der Waals surface area (Å²) in [5.74, 6) is -0.204. The molecule has 0 unspecified atom stereocenters. The minimum Gasteiger partial charge on any atom is -0.350 e. The molecule has 2 N–H and O–H groups in total. The SMILES string of the molecule is C=C(F)C(=O)Nc1ccc2c(-c3ccccc3CNc3nc(/N=C/C4CCCC4)nc4c(C(C)C)cnn34)nccc2c1. The van der Waals surface area contributed by atoms with Crippen molar-refractivity contribution in [2.45, 2.75) is 52.0 Å². The summed E-state index contributed by atoms with van der Waals surface area (Å²) in [5.41, 5.74) is 5.00. The van der Waals surface area contributed by atoms with Crippen molar-refractivity contribution >= 4 is 46.1 Å². The molecule has 218 valence electrons. The average molecular weight is 577 g/mol. The molecule has 0 bridgehead atoms. The van der Waals surface area contributed by atoms with Crippen LogP contribution in [0.3, 0.4) is 0 Å². The van der Waals surface area contributed by atoms with Crippen molar-refractivity contribution in [3.8, 4) is 11.3 Å². The minimum absolute atomic E-state index is 0.245. The largest absolute Gasteiger partial charge is 0.350 e. The minimum atomic E-state index is -1.04. The first-order valence-electron chi connectivity index (χ1n) is 14.5. The second-order valence-electron chi connectivity index (χ2n) is 11.1. The van der Waals surface area contributed by atoms with Gasteiger partial charge in [0.25, 0.3) is 11.9 Å². The van der Waals surface area contributed by atoms with Gasteiger partial charge in [0, 0.05) is 41.2 Å². The highest BCUT2D eigenvalue weighted by molar-refractivity contribution is 6.04. The molecule has 0 saturated heterocycles. The molecule has 1 saturated carbocycles. The fraction of sp³-hybridized carbons (Fsp3) is 0.273. The zero-order valence-corrected chi connectivity index (χ0v) is 24.2. The predicted octanol–water partition coefficient (Wildman–Crippen LogP) is 7.39. The number of halogens is 1. The van der Waals surface area contributed by atoms with Crippen molar-refractivity contribution in [1.82, 2.24) is 24.6 Å². The predicted molar refractivity (Wildman–Crippen MR) is 168 cm³/mol. The first-order valence-corrected chi connectivity index (χ1v) is 14.5. The van der Waals surface area contributed by atoms with E-state index in [9.17, 15) is 9.18 Å². The number of nitrogens with zero attached hydrogens (tertiary/aromatic N) is 6. The lowest BCUT2D eigenvalue weighted by Crippen LogP contribution is -2.11. The van der Waals surface area contributed by atoms with Crippen LogP contribution in [0.4, 0.5) is 22.0 Å². The van der Waals surface area contributed by atoms with E-state index in [0.29, 0.717) is 30.0 Å². The van der Waals surface area contributed by atoms with Crippen molar-refractivity contribution in [3.05, 3.63) is 84.5 Å². The monoisotopic (exact) mass is 576 g/mol. The third-order valence-corrected chi connectivity index (χ3v) is 7.78. The molecule has 10 heteroatoms. The Kier molecular flexibility index (Phi) is 7.91. The van der Waals surface area contributed by atoms with E-state index >= 15 is 0 Å². The Bertz CT molecular complexity index is 1860. The van der Waals surface area contributed by atoms with E-state index in [-0.39, 0.29) is 5.92 Å². The van der Waals surface area contributed by atoms with Crippen LogP contribution >= 0.6 is 0 Å². The molecule has 1 fully saturated rings. The molecule has 3 heterocycles. The van der Waals surface area contributed by atoms with E-state index in [1.807, 2.05) is 48.8 Å². The number of fused-ring (bicyclic) bond motifs is 2. The van der Waals surface area contributed by atoms with E-state index in [1.165, 1.54) is 12.8 Å². The van der Waals surface area contributed by atoms with Gasteiger partial charge >= 0.3 is 0 Å². The molecule has 5 aromatic rings. The number of pyridine rings is 1. The van der Waals surface area contributed by atoms with E-state index in [2.05, 4.69) is 41.2 Å². The standard InChI is InChI=1S/C33H33FN8O/c1-20(2)28-19-38-42-30(28)40-32(36-17-22-8-4-5-9-22)41-33(42)37-18-24-10-6-7-11-26(24)29-27-13-12-25(39-31(43)21(3)34)16-23(27)14-15-35-29/h6-7,10-17,19-20,22H,3-5,8-9,18H2,1-2H3,(H,39,43)(H,37,40,41)/b36-17+. The zero-order chi connectivity index (χ0) is 29.9. The van der Waals surface area contributed by atoms with Crippen molar-refractivity contribution in [2.75, 3.05) is 10.6 Å². The topological polar surface area (TPSA) is 109 Å². The van der Waals surface area contributed by atoms with Crippen molar-refractivity contribution in [2.24, 2.45) is 10.9 Å². The van der Waals surface area contributed by atoms with Crippen molar-refractivity contribution < 1.29 is 9.18 Å². The van der Waals surface area contributed by atoms with Crippen LogP contribution in [0.15, 0.2) is 78.3 Å². The number of aliphatic imine (C=N–C) groups is 1. The fourth-order valence-corrected chi connectivity index (χ4v) is 5.49. The van der Waals surface area contributed by atoms with Crippen LogP contribution in [0.25, 0.3) is 27.7 Å². The maximum absolute atomic E-state index is 13.2. The van der Waals surface area contributed by atoms with Gasteiger partial charge in [0.15, 0.2) is 11.5 Å². The molecule has 1 aliphatic rings. The van der Waals surface area contributed by atoms with Gasteiger partial charge in [-0.25, -0.2) is 9.38 Å². The molecule has 6 rings (SSSR count). The van der Waals surface area contributed by atoms with Crippen LogP contribution in [0.5, 0.6) is 0 Å². The summed E-state index contributed by atoms with van der Waals surface area (Å²) in [6, 6.07) is 15.3. The highest BCUT2D eigenvalue weighted by Crippen LogP contribution is 2.32. The number of carbonyl (C=O) groups excluding carboxylic acids is 1. The third kappa shape index (κ3) is 5.99. The van der Waals surface area contributed by atoms with Crippen LogP contribution in [0, 0.1) is 5.92 Å². The van der Waals surface area contributed by atoms with E-state index in [1.54, 1.807) is 22.8 Å². The number of benzene rings is 2. The fourth-order valence-electron chi connectivity index (χ4n) is 5.49. The lowest BCUT2D eigenvalue weighted by atomic mass is 9.99. The molecule has 0 aliphatic heterocycles. The van der Waals surface area contributed by atoms with Gasteiger partial charge in [-0.05, 0) is 53.8 Å². The van der Waals surface area contributed by atoms with Crippen molar-refractivity contribution in [3.63, 3.8) is 0 Å². The Morgan fingerprint density at radius 1 is 1.16 bits per heavy atom. The number of rotatable bonds is 9. The Labute approximate surface area is 249 Å². The molecule has 9 nitrogen and oxygen atoms in total. The summed E-state index contributed by atoms with van der Waals surface area (Å²) in [6.45, 7) is 7.75. The molecule has 3 aromatic heterocycles. The Morgan fingerprint density at radius 2 is 1.98 bits per heavy atom. The van der Waals surface area contributed by atoms with E-state index in [4.69, 9.17) is 15.0 Å². The number of hydrogen-bond acceptors (Lipinski definition) is 7. The third-order valence-electron chi connectivity index (χ3n) is 7.78. The van der Waals surface area contributed by atoms with Crippen LogP contribution < -0.4 is 10.6 Å². The molecule has 0 atom stereocenters. The number of hydrogen-bond donors (Lipinski definition) is 2. The lowest BCUT2D eigenvalue weighted by molar-refractivity contribution is -0.114. The molecule has 1 aliphatic carbocycles. The summed E-state index contributed by atoms with van der Waals surface area (Å²) in [4.78, 5) is 30.7. The van der Waals surface area contributed by atoms with Gasteiger partial charge in [-0.2, -0.15) is 19.6 Å². The van der Waals surface area contributed by atoms with Crippen molar-refractivity contribution in [1.29, 1.82) is 0 Å². The Balaban J connectivity index is 1.32. The molecular weight excluding hydrogens is 543 g/mol. The zero-order valence-electron chi connectivity index (χ0n) is 24.2. The highest BCUT2D eigenvalue weighted by Gasteiger charge is 2.18. The second-order valence-corrected chi connectivity index (χ2v) is 11.1. The normalized spacial score (nSPS) is 13.9. The van der Waals surface area contributed by atoms with Gasteiger partial charge in [0.2, 0.25) is 5.95 Å². The number of nitrogens with one attached hydrogen (secondary N) is 2. The number of aromatic nitrogens is 5. The second kappa shape index (κ2) is 12.1. The summed E-state index contributed by atoms with van der Waals surface area (Å²) in [5, 5.41) is 12.4. The summed E-state index contributed by atoms with van der Waals surface area (Å²) in [6.07, 6.45) is 10.4. The molecular formula is C33H33FN8O. The smallest absolute Gasteiger partial charge is 0.283 e. The van der Waals surface area contributed by atoms with Crippen LogP contribution in [0.1, 0.15) is 56.6 Å². The maximum Gasteiger partial charge on any atom is 0.283 e. The number of carbonyl (C=O) groups is 1. The first kappa shape index (κ1) is 28.1. The van der Waals surface area contributed by atoms with Crippen LogP contribution in [0.2, 0.25) is 0 Å². The van der Waals surface area contributed by atoms with E-state index in [0.717, 1.165) is 51.6 Å². The number of anilines is 2. The van der Waals surface area contributed by atoms with Crippen LogP contribution in [-0.4, -0.2) is 36.7 Å². The summed E-state index contributed by atoms with van der Waals surface area (Å²) < 4.78 is 15.0. The quantitative estimate of drug-likeness (QED) is 0.140. The maximum atomic E-state index is 13.2. The number of amides is 1. The molecule has 2 aromatic carbocycles. The van der Waals surface area contributed by atoms with Gasteiger partial charge in [-0.1, -0.05) is 63.6 Å². The van der Waals surface area contributed by atoms with Gasteiger partial charge in [-0.3, -0.25) is 9.78 Å². The van der Waals surface area contributed by atoms with Gasteiger partial charge in [-0.15, -0.1) is 0 Å². The Hall–Kier alpha value is -4.99. The summed E-state index contributed by atoms with van der Waals surface area (Å²) >= 11 is 0. The highest BCUT2D eigenvalue weighted by atomic mass is 19.1. The molecule has 0 radical (unpaired) electrons. The van der Waals surface area contributed by atoms with Gasteiger partial charge in [0.1, 0.15) is 0 Å². The first-order chi connectivity index (χ1) is 20.9. The lowest BCUT2D eigenvalue weighted by Gasteiger charge is -2.14. The van der Waals surface area contributed by atoms with Gasteiger partial charge < -0.3 is 10.6 Å². The van der Waals surface area contributed by atoms with Gasteiger partial charge in [0.05, 0.1) is 11.9 Å². The Morgan fingerprint density at radius 3 is 2.77 bits per heavy atom.